The fraction of sp³-hybridized carbons (Fsp3) is 0.417. The molecule has 1 amide bonds. The third kappa shape index (κ3) is 3.82. The first-order valence-corrected chi connectivity index (χ1v) is 7.47. The maximum absolute atomic E-state index is 11.7. The summed E-state index contributed by atoms with van der Waals surface area (Å²) in [5, 5.41) is 2.64. The maximum atomic E-state index is 11.7. The Morgan fingerprint density at radius 1 is 1.22 bits per heavy atom. The number of carbonyl (C=O) groups excluding carboxylic acids is 1. The van der Waals surface area contributed by atoms with E-state index in [1.165, 1.54) is 12.1 Å². The molecule has 0 heterocycles. The van der Waals surface area contributed by atoms with Crippen LogP contribution < -0.4 is 11.1 Å². The third-order valence-electron chi connectivity index (χ3n) is 2.57. The van der Waals surface area contributed by atoms with Crippen molar-refractivity contribution in [3.63, 3.8) is 0 Å². The molecule has 0 aliphatic heterocycles. The molecule has 0 spiro atoms. The molecular weight excluding hydrogens is 252 g/mol. The average molecular weight is 270 g/mol. The second-order valence-corrected chi connectivity index (χ2v) is 6.57. The van der Waals surface area contributed by atoms with Crippen LogP contribution in [0.1, 0.15) is 13.8 Å². The SMILES string of the molecule is CC(C)[C@@H](N)C(=O)Nc1ccc(S(C)(=O)=O)cc1. The van der Waals surface area contributed by atoms with Gasteiger partial charge in [-0.15, -0.1) is 0 Å². The first kappa shape index (κ1) is 14.7. The Bertz CT molecular complexity index is 521. The molecule has 0 saturated heterocycles. The number of carbonyl (C=O) groups is 1. The molecule has 0 aliphatic carbocycles. The van der Waals surface area contributed by atoms with E-state index < -0.39 is 15.9 Å². The fourth-order valence-corrected chi connectivity index (χ4v) is 1.94. The number of sulfone groups is 1. The molecule has 6 heteroatoms. The minimum atomic E-state index is -3.22. The highest BCUT2D eigenvalue weighted by atomic mass is 32.2. The summed E-state index contributed by atoms with van der Waals surface area (Å²) in [7, 11) is -3.22. The van der Waals surface area contributed by atoms with E-state index in [2.05, 4.69) is 5.32 Å². The Hall–Kier alpha value is -1.40. The minimum absolute atomic E-state index is 0.0419. The number of hydrogen-bond acceptors (Lipinski definition) is 4. The van der Waals surface area contributed by atoms with Crippen LogP contribution in [0.3, 0.4) is 0 Å². The van der Waals surface area contributed by atoms with Gasteiger partial charge >= 0.3 is 0 Å². The normalized spacial score (nSPS) is 13.4. The van der Waals surface area contributed by atoms with Crippen LogP contribution in [0, 0.1) is 5.92 Å². The van der Waals surface area contributed by atoms with Crippen LogP contribution >= 0.6 is 0 Å². The molecule has 1 aromatic carbocycles. The lowest BCUT2D eigenvalue weighted by Crippen LogP contribution is -2.39. The Morgan fingerprint density at radius 2 is 1.72 bits per heavy atom. The first-order chi connectivity index (χ1) is 8.21. The zero-order valence-electron chi connectivity index (χ0n) is 10.7. The summed E-state index contributed by atoms with van der Waals surface area (Å²) in [6.07, 6.45) is 1.13. The Morgan fingerprint density at radius 3 is 2.11 bits per heavy atom. The lowest BCUT2D eigenvalue weighted by atomic mass is 10.1. The highest BCUT2D eigenvalue weighted by Gasteiger charge is 2.17. The first-order valence-electron chi connectivity index (χ1n) is 5.58. The number of nitrogens with two attached hydrogens (primary N) is 1. The molecule has 1 rings (SSSR count). The van der Waals surface area contributed by atoms with Gasteiger partial charge in [0.25, 0.3) is 0 Å². The van der Waals surface area contributed by atoms with Crippen LogP contribution in [0.5, 0.6) is 0 Å². The van der Waals surface area contributed by atoms with E-state index in [-0.39, 0.29) is 16.7 Å². The van der Waals surface area contributed by atoms with Crippen molar-refractivity contribution in [2.75, 3.05) is 11.6 Å². The van der Waals surface area contributed by atoms with Crippen LogP contribution in [-0.2, 0) is 14.6 Å². The third-order valence-corrected chi connectivity index (χ3v) is 3.70. The van der Waals surface area contributed by atoms with Gasteiger partial charge in [0.2, 0.25) is 5.91 Å². The maximum Gasteiger partial charge on any atom is 0.241 e. The van der Waals surface area contributed by atoms with Crippen LogP contribution in [0.4, 0.5) is 5.69 Å². The van der Waals surface area contributed by atoms with Crippen molar-refractivity contribution < 1.29 is 13.2 Å². The molecule has 0 unspecified atom stereocenters. The molecule has 100 valence electrons. The van der Waals surface area contributed by atoms with E-state index in [1.807, 2.05) is 13.8 Å². The predicted octanol–water partition coefficient (Wildman–Crippen LogP) is 1.01. The summed E-state index contributed by atoms with van der Waals surface area (Å²) in [5.41, 5.74) is 6.23. The number of anilines is 1. The summed E-state index contributed by atoms with van der Waals surface area (Å²) >= 11 is 0. The molecule has 0 aliphatic rings. The van der Waals surface area contributed by atoms with Crippen molar-refractivity contribution in [1.82, 2.24) is 0 Å². The van der Waals surface area contributed by atoms with Gasteiger partial charge in [-0.2, -0.15) is 0 Å². The van der Waals surface area contributed by atoms with Gasteiger partial charge in [-0.1, -0.05) is 13.8 Å². The van der Waals surface area contributed by atoms with E-state index in [0.29, 0.717) is 5.69 Å². The Labute approximate surface area is 107 Å². The monoisotopic (exact) mass is 270 g/mol. The lowest BCUT2D eigenvalue weighted by molar-refractivity contribution is -0.118. The van der Waals surface area contributed by atoms with Gasteiger partial charge in [0.05, 0.1) is 10.9 Å². The zero-order chi connectivity index (χ0) is 13.9. The van der Waals surface area contributed by atoms with Crippen molar-refractivity contribution in [3.8, 4) is 0 Å². The van der Waals surface area contributed by atoms with Crippen molar-refractivity contribution in [2.45, 2.75) is 24.8 Å². The molecule has 5 nitrogen and oxygen atoms in total. The number of nitrogens with one attached hydrogen (secondary N) is 1. The largest absolute Gasteiger partial charge is 0.325 e. The molecule has 18 heavy (non-hydrogen) atoms. The predicted molar refractivity (Wildman–Crippen MR) is 71.0 cm³/mol. The van der Waals surface area contributed by atoms with Crippen molar-refractivity contribution in [2.24, 2.45) is 11.7 Å². The molecule has 0 bridgehead atoms. The summed E-state index contributed by atoms with van der Waals surface area (Å²) in [6.45, 7) is 3.72. The molecule has 3 N–H and O–H groups in total. The topological polar surface area (TPSA) is 89.3 Å². The molecule has 1 aromatic rings. The standard InChI is InChI=1S/C12H18N2O3S/c1-8(2)11(13)12(15)14-9-4-6-10(7-5-9)18(3,16)17/h4-8,11H,13H2,1-3H3,(H,14,15)/t11-/m1/s1. The molecule has 0 aromatic heterocycles. The summed E-state index contributed by atoms with van der Waals surface area (Å²) in [4.78, 5) is 11.9. The van der Waals surface area contributed by atoms with E-state index in [9.17, 15) is 13.2 Å². The zero-order valence-corrected chi connectivity index (χ0v) is 11.5. The number of benzene rings is 1. The second kappa shape index (κ2) is 5.49. The quantitative estimate of drug-likeness (QED) is 0.854. The smallest absolute Gasteiger partial charge is 0.241 e. The summed E-state index contributed by atoms with van der Waals surface area (Å²) in [5.74, 6) is -0.239. The van der Waals surface area contributed by atoms with Gasteiger partial charge in [-0.25, -0.2) is 8.42 Å². The number of amides is 1. The second-order valence-electron chi connectivity index (χ2n) is 4.56. The van der Waals surface area contributed by atoms with Gasteiger partial charge in [0, 0.05) is 11.9 Å². The summed E-state index contributed by atoms with van der Waals surface area (Å²) < 4.78 is 22.5. The van der Waals surface area contributed by atoms with Crippen LogP contribution in [0.25, 0.3) is 0 Å². The van der Waals surface area contributed by atoms with Crippen molar-refractivity contribution >= 4 is 21.4 Å². The van der Waals surface area contributed by atoms with Gasteiger partial charge in [-0.05, 0) is 30.2 Å². The Kier molecular flexibility index (Phi) is 4.48. The molecule has 0 radical (unpaired) electrons. The van der Waals surface area contributed by atoms with Gasteiger partial charge in [0.1, 0.15) is 0 Å². The molecular formula is C12H18N2O3S. The average Bonchev–Trinajstić information content (AvgIpc) is 2.27. The van der Waals surface area contributed by atoms with E-state index in [4.69, 9.17) is 5.73 Å². The highest BCUT2D eigenvalue weighted by molar-refractivity contribution is 7.90. The number of hydrogen-bond donors (Lipinski definition) is 2. The van der Waals surface area contributed by atoms with Crippen LogP contribution in [0.2, 0.25) is 0 Å². The van der Waals surface area contributed by atoms with Gasteiger partial charge in [-0.3, -0.25) is 4.79 Å². The minimum Gasteiger partial charge on any atom is -0.325 e. The van der Waals surface area contributed by atoms with Crippen LogP contribution in [-0.4, -0.2) is 26.6 Å². The van der Waals surface area contributed by atoms with E-state index in [1.54, 1.807) is 12.1 Å². The van der Waals surface area contributed by atoms with Gasteiger partial charge in [0.15, 0.2) is 9.84 Å². The molecule has 0 saturated carbocycles. The van der Waals surface area contributed by atoms with E-state index >= 15 is 0 Å². The molecule has 0 fully saturated rings. The van der Waals surface area contributed by atoms with Gasteiger partial charge < -0.3 is 11.1 Å². The Balaban J connectivity index is 2.79. The van der Waals surface area contributed by atoms with Crippen molar-refractivity contribution in [3.05, 3.63) is 24.3 Å². The van der Waals surface area contributed by atoms with E-state index in [0.717, 1.165) is 6.26 Å². The van der Waals surface area contributed by atoms with Crippen molar-refractivity contribution in [1.29, 1.82) is 0 Å². The molecule has 1 atom stereocenters. The number of rotatable bonds is 4. The highest BCUT2D eigenvalue weighted by Crippen LogP contribution is 2.14. The van der Waals surface area contributed by atoms with Crippen LogP contribution in [0.15, 0.2) is 29.2 Å². The lowest BCUT2D eigenvalue weighted by Gasteiger charge is -2.15. The fourth-order valence-electron chi connectivity index (χ4n) is 1.31. The summed E-state index contributed by atoms with van der Waals surface area (Å²) in [6, 6.07) is 5.40.